The van der Waals surface area contributed by atoms with E-state index in [1.165, 1.54) is 89.2 Å². The highest BCUT2D eigenvalue weighted by atomic mass is 19.1. The van der Waals surface area contributed by atoms with E-state index in [-0.39, 0.29) is 35.9 Å². The quantitative estimate of drug-likeness (QED) is 0.0416. The number of carbonyl (C=O) groups is 1. The van der Waals surface area contributed by atoms with Gasteiger partial charge in [-0.25, -0.2) is 8.78 Å². The minimum Gasteiger partial charge on any atom is -0.491 e. The van der Waals surface area contributed by atoms with Gasteiger partial charge < -0.3 is 14.2 Å². The molecule has 57 heavy (non-hydrogen) atoms. The molecule has 0 radical (unpaired) electrons. The summed E-state index contributed by atoms with van der Waals surface area (Å²) in [4.78, 5) is 13.1. The molecular weight excluding hydrogens is 715 g/mol. The molecule has 5 rings (SSSR count). The Hall–Kier alpha value is -4.55. The lowest BCUT2D eigenvalue weighted by atomic mass is 9.94. The number of hydrogen-bond donors (Lipinski definition) is 0. The van der Waals surface area contributed by atoms with Crippen molar-refractivity contribution in [1.82, 2.24) is 0 Å². The van der Waals surface area contributed by atoms with Crippen molar-refractivity contribution in [2.75, 3.05) is 13.2 Å². The molecule has 0 aromatic heterocycles. The zero-order chi connectivity index (χ0) is 40.1. The SMILES string of the molecule is CCCCCCCCCCOc1ccc(C#Cc2ccc(C#Cc3ccc(OCCCCCCCCCC)c(F)c3)c(COC(=O)C3CC4C=CC3C4)c2)cc1F. The Labute approximate surface area is 341 Å². The average molecular weight is 777 g/mol. The average Bonchev–Trinajstić information content (AvgIpc) is 3.86. The van der Waals surface area contributed by atoms with Crippen LogP contribution in [0.3, 0.4) is 0 Å². The lowest BCUT2D eigenvalue weighted by Gasteiger charge is -2.17. The largest absolute Gasteiger partial charge is 0.491 e. The Bertz CT molecular complexity index is 1880. The topological polar surface area (TPSA) is 44.8 Å². The molecule has 2 bridgehead atoms. The van der Waals surface area contributed by atoms with E-state index in [1.54, 1.807) is 24.3 Å². The second-order valence-corrected chi connectivity index (χ2v) is 15.8. The van der Waals surface area contributed by atoms with Crippen molar-refractivity contribution < 1.29 is 27.8 Å². The van der Waals surface area contributed by atoms with Gasteiger partial charge in [0, 0.05) is 27.8 Å². The first-order chi connectivity index (χ1) is 27.9. The van der Waals surface area contributed by atoms with Crippen LogP contribution in [0.4, 0.5) is 8.78 Å². The fraction of sp³-hybridized carbons (Fsp3) is 0.510. The zero-order valence-corrected chi connectivity index (χ0v) is 34.3. The lowest BCUT2D eigenvalue weighted by Crippen LogP contribution is -2.21. The van der Waals surface area contributed by atoms with E-state index in [0.29, 0.717) is 46.9 Å². The van der Waals surface area contributed by atoms with Crippen molar-refractivity contribution in [2.45, 2.75) is 136 Å². The highest BCUT2D eigenvalue weighted by Gasteiger charge is 2.40. The number of ether oxygens (including phenoxy) is 3. The van der Waals surface area contributed by atoms with Crippen LogP contribution in [-0.2, 0) is 16.1 Å². The fourth-order valence-corrected chi connectivity index (χ4v) is 7.73. The van der Waals surface area contributed by atoms with Crippen LogP contribution in [0.1, 0.15) is 157 Å². The molecule has 4 nitrogen and oxygen atoms in total. The number of carbonyl (C=O) groups excluding carboxylic acids is 1. The van der Waals surface area contributed by atoms with Crippen LogP contribution in [0.2, 0.25) is 0 Å². The third-order valence-corrected chi connectivity index (χ3v) is 11.1. The summed E-state index contributed by atoms with van der Waals surface area (Å²) in [5, 5.41) is 0. The van der Waals surface area contributed by atoms with Gasteiger partial charge in [-0.1, -0.05) is 140 Å². The van der Waals surface area contributed by atoms with Crippen molar-refractivity contribution in [1.29, 1.82) is 0 Å². The van der Waals surface area contributed by atoms with Crippen LogP contribution >= 0.6 is 0 Å². The number of fused-ring (bicyclic) bond motifs is 2. The van der Waals surface area contributed by atoms with Crippen LogP contribution < -0.4 is 9.47 Å². The molecule has 3 unspecified atom stereocenters. The van der Waals surface area contributed by atoms with Gasteiger partial charge in [0.1, 0.15) is 6.61 Å². The van der Waals surface area contributed by atoms with Crippen molar-refractivity contribution in [3.63, 3.8) is 0 Å². The molecule has 0 heterocycles. The van der Waals surface area contributed by atoms with Crippen LogP contribution in [0.5, 0.6) is 11.5 Å². The van der Waals surface area contributed by atoms with Crippen LogP contribution in [-0.4, -0.2) is 19.2 Å². The maximum Gasteiger partial charge on any atom is 0.309 e. The molecule has 2 aliphatic carbocycles. The van der Waals surface area contributed by atoms with E-state index >= 15 is 0 Å². The van der Waals surface area contributed by atoms with Gasteiger partial charge in [0.25, 0.3) is 0 Å². The van der Waals surface area contributed by atoms with Gasteiger partial charge in [0.05, 0.1) is 19.1 Å². The van der Waals surface area contributed by atoms with Gasteiger partial charge in [0.2, 0.25) is 0 Å². The predicted octanol–water partition coefficient (Wildman–Crippen LogP) is 13.1. The van der Waals surface area contributed by atoms with E-state index < -0.39 is 11.6 Å². The van der Waals surface area contributed by atoms with Crippen LogP contribution in [0.25, 0.3) is 0 Å². The summed E-state index contributed by atoms with van der Waals surface area (Å²) >= 11 is 0. The predicted molar refractivity (Wildman–Crippen MR) is 226 cm³/mol. The first-order valence-electron chi connectivity index (χ1n) is 21.8. The highest BCUT2D eigenvalue weighted by Crippen LogP contribution is 2.44. The lowest BCUT2D eigenvalue weighted by molar-refractivity contribution is -0.150. The Morgan fingerprint density at radius 3 is 1.58 bits per heavy atom. The molecule has 3 aromatic rings. The number of allylic oxidation sites excluding steroid dienone is 2. The molecule has 0 amide bonds. The van der Waals surface area contributed by atoms with Gasteiger partial charge in [-0.05, 0) is 92.1 Å². The summed E-state index contributed by atoms with van der Waals surface area (Å²) in [5.74, 6) is 12.4. The summed E-state index contributed by atoms with van der Waals surface area (Å²) in [7, 11) is 0. The van der Waals surface area contributed by atoms with Crippen LogP contribution in [0, 0.1) is 53.1 Å². The Balaban J connectivity index is 1.19. The first-order valence-corrected chi connectivity index (χ1v) is 21.8. The molecular formula is C51H62F2O4. The second-order valence-electron chi connectivity index (χ2n) is 15.8. The summed E-state index contributed by atoms with van der Waals surface area (Å²) in [6, 6.07) is 15.1. The van der Waals surface area contributed by atoms with Crippen molar-refractivity contribution in [3.05, 3.63) is 106 Å². The third kappa shape index (κ3) is 14.7. The molecule has 3 aromatic carbocycles. The Morgan fingerprint density at radius 2 is 1.09 bits per heavy atom. The Morgan fingerprint density at radius 1 is 0.596 bits per heavy atom. The van der Waals surface area contributed by atoms with Gasteiger partial charge >= 0.3 is 5.97 Å². The number of unbranched alkanes of at least 4 members (excludes halogenated alkanes) is 14. The maximum atomic E-state index is 15.0. The molecule has 0 N–H and O–H groups in total. The summed E-state index contributed by atoms with van der Waals surface area (Å²) in [6.45, 7) is 5.47. The van der Waals surface area contributed by atoms with E-state index in [9.17, 15) is 13.6 Å². The third-order valence-electron chi connectivity index (χ3n) is 11.1. The van der Waals surface area contributed by atoms with E-state index in [0.717, 1.165) is 38.5 Å². The van der Waals surface area contributed by atoms with E-state index in [2.05, 4.69) is 49.7 Å². The summed E-state index contributed by atoms with van der Waals surface area (Å²) in [6.07, 6.45) is 25.3. The van der Waals surface area contributed by atoms with Gasteiger partial charge in [-0.15, -0.1) is 0 Å². The van der Waals surface area contributed by atoms with Crippen molar-refractivity contribution in [2.24, 2.45) is 17.8 Å². The molecule has 0 saturated heterocycles. The first kappa shape index (κ1) is 43.6. The highest BCUT2D eigenvalue weighted by molar-refractivity contribution is 5.74. The molecule has 3 atom stereocenters. The number of rotatable bonds is 23. The molecule has 1 fully saturated rings. The number of benzene rings is 3. The number of hydrogen-bond acceptors (Lipinski definition) is 4. The molecule has 0 aliphatic heterocycles. The number of halogens is 2. The molecule has 1 saturated carbocycles. The van der Waals surface area contributed by atoms with Gasteiger partial charge in [-0.2, -0.15) is 0 Å². The van der Waals surface area contributed by atoms with E-state index in [4.69, 9.17) is 14.2 Å². The van der Waals surface area contributed by atoms with Crippen LogP contribution in [0.15, 0.2) is 66.7 Å². The standard InChI is InChI=1S/C51H62F2O4/c1-3-5-7-9-11-13-15-17-31-55-49-29-24-40(36-47(49)52)20-19-39-21-26-43(45(33-39)38-57-51(54)46-35-42-23-28-44(46)34-42)27-22-41-25-30-50(48(53)37-41)56-32-18-16-14-12-10-8-6-4-2/h21,23-26,28-30,33,36-37,42,44,46H,3-18,31-32,34-35,38H2,1-2H3. The van der Waals surface area contributed by atoms with Crippen molar-refractivity contribution >= 4 is 5.97 Å². The second kappa shape index (κ2) is 24.3. The van der Waals surface area contributed by atoms with Gasteiger partial charge in [0.15, 0.2) is 23.1 Å². The summed E-state index contributed by atoms with van der Waals surface area (Å²) in [5.41, 5.74) is 3.07. The van der Waals surface area contributed by atoms with Gasteiger partial charge in [-0.3, -0.25) is 4.79 Å². The molecule has 0 spiro atoms. The maximum absolute atomic E-state index is 15.0. The normalized spacial score (nSPS) is 16.5. The minimum absolute atomic E-state index is 0.0371. The van der Waals surface area contributed by atoms with Crippen molar-refractivity contribution in [3.8, 4) is 35.2 Å². The summed E-state index contributed by atoms with van der Waals surface area (Å²) < 4.78 is 47.2. The van der Waals surface area contributed by atoms with E-state index in [1.807, 2.05) is 18.2 Å². The molecule has 6 heteroatoms. The smallest absolute Gasteiger partial charge is 0.309 e. The number of esters is 1. The monoisotopic (exact) mass is 776 g/mol. The molecule has 304 valence electrons. The Kier molecular flexibility index (Phi) is 18.6. The minimum atomic E-state index is -0.444. The fourth-order valence-electron chi connectivity index (χ4n) is 7.73. The molecule has 2 aliphatic rings. The zero-order valence-electron chi connectivity index (χ0n) is 34.3.